The Bertz CT molecular complexity index is 328. The van der Waals surface area contributed by atoms with Crippen molar-refractivity contribution < 1.29 is 0 Å². The fourth-order valence-corrected chi connectivity index (χ4v) is 1.84. The van der Waals surface area contributed by atoms with Crippen molar-refractivity contribution in [2.24, 2.45) is 13.0 Å². The third-order valence-corrected chi connectivity index (χ3v) is 3.17. The van der Waals surface area contributed by atoms with Crippen LogP contribution in [-0.4, -0.2) is 16.3 Å². The second-order valence-corrected chi connectivity index (χ2v) is 4.41. The summed E-state index contributed by atoms with van der Waals surface area (Å²) in [6, 6.07) is 0. The molecule has 0 aromatic carbocycles. The minimum Gasteiger partial charge on any atom is -0.312 e. The first-order valence-electron chi connectivity index (χ1n) is 5.07. The first-order valence-corrected chi connectivity index (χ1v) is 5.45. The van der Waals surface area contributed by atoms with E-state index in [9.17, 15) is 0 Å². The molecule has 4 heteroatoms. The summed E-state index contributed by atoms with van der Waals surface area (Å²) < 4.78 is 1.73. The molecule has 2 rings (SSSR count). The van der Waals surface area contributed by atoms with Gasteiger partial charge >= 0.3 is 0 Å². The van der Waals surface area contributed by atoms with Crippen molar-refractivity contribution in [1.82, 2.24) is 15.1 Å². The highest BCUT2D eigenvalue weighted by Crippen LogP contribution is 2.28. The van der Waals surface area contributed by atoms with Crippen LogP contribution in [0.1, 0.15) is 24.1 Å². The minimum atomic E-state index is 0.755. The molecule has 0 radical (unpaired) electrons. The predicted octanol–water partition coefficient (Wildman–Crippen LogP) is 1.88. The van der Waals surface area contributed by atoms with Crippen LogP contribution in [-0.2, 0) is 13.6 Å². The fraction of sp³-hybridized carbons (Fsp3) is 0.700. The summed E-state index contributed by atoms with van der Waals surface area (Å²) in [6.45, 7) is 3.96. The molecule has 0 unspecified atom stereocenters. The molecule has 0 aliphatic heterocycles. The second-order valence-electron chi connectivity index (χ2n) is 4.05. The maximum Gasteiger partial charge on any atom is 0.131 e. The lowest BCUT2D eigenvalue weighted by molar-refractivity contribution is 0.637. The van der Waals surface area contributed by atoms with E-state index < -0.39 is 0 Å². The van der Waals surface area contributed by atoms with Crippen LogP contribution in [0.4, 0.5) is 0 Å². The van der Waals surface area contributed by atoms with E-state index in [0.717, 1.165) is 35.4 Å². The van der Waals surface area contributed by atoms with Crippen molar-refractivity contribution in [3.8, 4) is 0 Å². The molecular formula is C10H16ClN3. The number of aromatic nitrogens is 2. The zero-order valence-electron chi connectivity index (χ0n) is 8.68. The van der Waals surface area contributed by atoms with Gasteiger partial charge in [-0.25, -0.2) is 0 Å². The average Bonchev–Trinajstić information content (AvgIpc) is 2.90. The maximum atomic E-state index is 6.11. The lowest BCUT2D eigenvalue weighted by atomic mass is 10.2. The van der Waals surface area contributed by atoms with Crippen molar-refractivity contribution in [1.29, 1.82) is 0 Å². The Labute approximate surface area is 89.4 Å². The Morgan fingerprint density at radius 3 is 2.79 bits per heavy atom. The van der Waals surface area contributed by atoms with E-state index >= 15 is 0 Å². The van der Waals surface area contributed by atoms with Crippen molar-refractivity contribution in [3.63, 3.8) is 0 Å². The first kappa shape index (κ1) is 9.99. The van der Waals surface area contributed by atoms with E-state index in [4.69, 9.17) is 11.6 Å². The number of halogens is 1. The zero-order chi connectivity index (χ0) is 10.1. The lowest BCUT2D eigenvalue weighted by Crippen LogP contribution is -2.16. The average molecular weight is 214 g/mol. The largest absolute Gasteiger partial charge is 0.312 e. The maximum absolute atomic E-state index is 6.11. The number of hydrogen-bond donors (Lipinski definition) is 1. The molecule has 3 nitrogen and oxygen atoms in total. The summed E-state index contributed by atoms with van der Waals surface area (Å²) in [4.78, 5) is 0. The van der Waals surface area contributed by atoms with Gasteiger partial charge in [0.1, 0.15) is 5.15 Å². The topological polar surface area (TPSA) is 29.9 Å². The molecule has 1 aromatic rings. The van der Waals surface area contributed by atoms with E-state index in [2.05, 4.69) is 10.4 Å². The van der Waals surface area contributed by atoms with E-state index in [1.807, 2.05) is 14.0 Å². The van der Waals surface area contributed by atoms with Crippen LogP contribution in [0.25, 0.3) is 0 Å². The minimum absolute atomic E-state index is 0.755. The number of rotatable bonds is 4. The van der Waals surface area contributed by atoms with Crippen molar-refractivity contribution in [2.45, 2.75) is 26.3 Å². The van der Waals surface area contributed by atoms with Crippen LogP contribution in [0.3, 0.4) is 0 Å². The molecule has 0 atom stereocenters. The summed E-state index contributed by atoms with van der Waals surface area (Å²) in [6.07, 6.45) is 2.76. The molecule has 0 saturated heterocycles. The molecule has 1 heterocycles. The van der Waals surface area contributed by atoms with Crippen LogP contribution < -0.4 is 5.32 Å². The van der Waals surface area contributed by atoms with Gasteiger partial charge in [-0.1, -0.05) is 11.6 Å². The molecule has 1 N–H and O–H groups in total. The van der Waals surface area contributed by atoms with Crippen LogP contribution in [0, 0.1) is 12.8 Å². The Hall–Kier alpha value is -0.540. The summed E-state index contributed by atoms with van der Waals surface area (Å²) in [7, 11) is 1.87. The van der Waals surface area contributed by atoms with Crippen LogP contribution >= 0.6 is 11.6 Å². The molecule has 14 heavy (non-hydrogen) atoms. The number of nitrogens with zero attached hydrogens (tertiary/aromatic N) is 2. The second kappa shape index (κ2) is 3.91. The van der Waals surface area contributed by atoms with Crippen molar-refractivity contribution >= 4 is 11.6 Å². The Morgan fingerprint density at radius 2 is 2.29 bits per heavy atom. The Kier molecular flexibility index (Phi) is 2.79. The van der Waals surface area contributed by atoms with Crippen molar-refractivity contribution in [2.75, 3.05) is 6.54 Å². The van der Waals surface area contributed by atoms with Gasteiger partial charge < -0.3 is 5.32 Å². The van der Waals surface area contributed by atoms with Gasteiger partial charge in [-0.2, -0.15) is 5.10 Å². The van der Waals surface area contributed by atoms with Gasteiger partial charge in [0, 0.05) is 19.2 Å². The fourth-order valence-electron chi connectivity index (χ4n) is 1.60. The Morgan fingerprint density at radius 1 is 1.57 bits per heavy atom. The molecule has 0 bridgehead atoms. The van der Waals surface area contributed by atoms with Crippen LogP contribution in [0.2, 0.25) is 5.15 Å². The molecule has 1 aliphatic rings. The smallest absolute Gasteiger partial charge is 0.131 e. The van der Waals surface area contributed by atoms with E-state index in [0.29, 0.717) is 0 Å². The van der Waals surface area contributed by atoms with Gasteiger partial charge in [-0.15, -0.1) is 0 Å². The zero-order valence-corrected chi connectivity index (χ0v) is 9.43. The summed E-state index contributed by atoms with van der Waals surface area (Å²) in [5, 5.41) is 8.44. The SMILES string of the molecule is Cc1nn(C)c(Cl)c1CNCC1CC1. The van der Waals surface area contributed by atoms with Gasteiger partial charge in [-0.05, 0) is 32.2 Å². The molecule has 0 amide bonds. The van der Waals surface area contributed by atoms with Crippen molar-refractivity contribution in [3.05, 3.63) is 16.4 Å². The third kappa shape index (κ3) is 2.10. The number of aryl methyl sites for hydroxylation is 2. The van der Waals surface area contributed by atoms with Gasteiger partial charge in [0.25, 0.3) is 0 Å². The standard InChI is InChI=1S/C10H16ClN3/c1-7-9(10(11)14(2)13-7)6-12-5-8-3-4-8/h8,12H,3-6H2,1-2H3. The first-order chi connectivity index (χ1) is 6.68. The predicted molar refractivity (Wildman–Crippen MR) is 57.4 cm³/mol. The summed E-state index contributed by atoms with van der Waals surface area (Å²) in [5.74, 6) is 0.908. The van der Waals surface area contributed by atoms with E-state index in [1.165, 1.54) is 12.8 Å². The molecule has 1 fully saturated rings. The highest BCUT2D eigenvalue weighted by atomic mass is 35.5. The summed E-state index contributed by atoms with van der Waals surface area (Å²) in [5.41, 5.74) is 2.16. The van der Waals surface area contributed by atoms with Gasteiger partial charge in [0.05, 0.1) is 5.69 Å². The normalized spacial score (nSPS) is 16.2. The molecule has 1 aliphatic carbocycles. The Balaban J connectivity index is 1.93. The van der Waals surface area contributed by atoms with Gasteiger partial charge in [0.2, 0.25) is 0 Å². The highest BCUT2D eigenvalue weighted by molar-refractivity contribution is 6.30. The number of nitrogens with one attached hydrogen (secondary N) is 1. The quantitative estimate of drug-likeness (QED) is 0.828. The molecule has 1 saturated carbocycles. The molecule has 0 spiro atoms. The van der Waals surface area contributed by atoms with E-state index in [-0.39, 0.29) is 0 Å². The lowest BCUT2D eigenvalue weighted by Gasteiger charge is -2.02. The van der Waals surface area contributed by atoms with Crippen LogP contribution in [0.15, 0.2) is 0 Å². The van der Waals surface area contributed by atoms with Gasteiger partial charge in [0.15, 0.2) is 0 Å². The molecular weight excluding hydrogens is 198 g/mol. The molecule has 78 valence electrons. The van der Waals surface area contributed by atoms with E-state index in [1.54, 1.807) is 4.68 Å². The monoisotopic (exact) mass is 213 g/mol. The molecule has 1 aromatic heterocycles. The third-order valence-electron chi connectivity index (χ3n) is 2.70. The number of hydrogen-bond acceptors (Lipinski definition) is 2. The van der Waals surface area contributed by atoms with Crippen LogP contribution in [0.5, 0.6) is 0 Å². The van der Waals surface area contributed by atoms with Gasteiger partial charge in [-0.3, -0.25) is 4.68 Å². The highest BCUT2D eigenvalue weighted by Gasteiger charge is 2.20. The summed E-state index contributed by atoms with van der Waals surface area (Å²) >= 11 is 6.11.